The highest BCUT2D eigenvalue weighted by Gasteiger charge is 2.61. The second-order valence-electron chi connectivity index (χ2n) is 13.6. The smallest absolute Gasteiger partial charge is 0.220 e. The summed E-state index contributed by atoms with van der Waals surface area (Å²) in [6.07, 6.45) is 0. The van der Waals surface area contributed by atoms with Crippen molar-refractivity contribution in [2.24, 2.45) is 0 Å². The number of allylic oxidation sites excluding steroid dienone is 2. The molecule has 0 unspecified atom stereocenters. The molecule has 0 N–H and O–H groups in total. The highest BCUT2D eigenvalue weighted by molar-refractivity contribution is 7.23. The van der Waals surface area contributed by atoms with Gasteiger partial charge in [-0.05, 0) is 81.7 Å². The van der Waals surface area contributed by atoms with Crippen LogP contribution < -0.4 is 5.19 Å². The van der Waals surface area contributed by atoms with Crippen LogP contribution in [0.25, 0.3) is 43.7 Å². The van der Waals surface area contributed by atoms with Gasteiger partial charge in [0.2, 0.25) is 11.8 Å². The minimum atomic E-state index is -3.15. The molecule has 0 amide bonds. The fourth-order valence-electron chi connectivity index (χ4n) is 7.52. The molecule has 1 aliphatic rings. The van der Waals surface area contributed by atoms with Gasteiger partial charge >= 0.3 is 0 Å². The molecule has 0 radical (unpaired) electrons. The third-order valence-corrected chi connectivity index (χ3v) is 15.3. The topological polar surface area (TPSA) is 52.1 Å². The van der Waals surface area contributed by atoms with E-state index in [9.17, 15) is 0 Å². The molecule has 7 aromatic rings. The van der Waals surface area contributed by atoms with E-state index in [1.165, 1.54) is 5.19 Å². The number of nitrogens with zero attached hydrogens (tertiary/aromatic N) is 2. The zero-order valence-electron chi connectivity index (χ0n) is 27.3. The summed E-state index contributed by atoms with van der Waals surface area (Å²) < 4.78 is 13.7. The average molecular weight is 629 g/mol. The molecular formula is C42H36N2O2Si. The standard InChI is InChI=1S/C42H36N2O2Si/c1-27-21-23-34-32(25-27)43-40(45-34)38-36(29-15-9-6-10-16-29)37(30-17-11-7-12-18-30)39(41-44-33-26-28(2)22-24-35(33)46-41)47(38,42(3,4)5)31-19-13-8-14-20-31/h6-26H,1-5H3. The van der Waals surface area contributed by atoms with Crippen LogP contribution in [0.3, 0.4) is 0 Å². The Labute approximate surface area is 276 Å². The van der Waals surface area contributed by atoms with Crippen LogP contribution in [-0.2, 0) is 0 Å². The molecule has 5 heteroatoms. The lowest BCUT2D eigenvalue weighted by molar-refractivity contribution is 0.583. The van der Waals surface area contributed by atoms with Gasteiger partial charge in [0, 0.05) is 10.4 Å². The Bertz CT molecular complexity index is 2200. The molecule has 2 aromatic heterocycles. The summed E-state index contributed by atoms with van der Waals surface area (Å²) in [5, 5.41) is 3.27. The van der Waals surface area contributed by atoms with Crippen LogP contribution in [0.2, 0.25) is 5.04 Å². The van der Waals surface area contributed by atoms with Crippen molar-refractivity contribution in [3.05, 3.63) is 161 Å². The van der Waals surface area contributed by atoms with Gasteiger partial charge in [-0.1, -0.05) is 124 Å². The highest BCUT2D eigenvalue weighted by atomic mass is 28.3. The molecule has 5 aromatic carbocycles. The Morgan fingerprint density at radius 1 is 0.511 bits per heavy atom. The minimum Gasteiger partial charge on any atom is -0.437 e. The summed E-state index contributed by atoms with van der Waals surface area (Å²) in [6.45, 7) is 11.3. The van der Waals surface area contributed by atoms with Crippen LogP contribution in [0.15, 0.2) is 136 Å². The van der Waals surface area contributed by atoms with Gasteiger partial charge in [0.15, 0.2) is 19.2 Å². The maximum atomic E-state index is 6.86. The first-order chi connectivity index (χ1) is 22.8. The Morgan fingerprint density at radius 3 is 1.32 bits per heavy atom. The molecule has 8 rings (SSSR count). The molecule has 0 spiro atoms. The van der Waals surface area contributed by atoms with E-state index in [2.05, 4.69) is 150 Å². The van der Waals surface area contributed by atoms with Gasteiger partial charge < -0.3 is 8.83 Å². The molecule has 1 aliphatic heterocycles. The second kappa shape index (κ2) is 10.9. The van der Waals surface area contributed by atoms with E-state index < -0.39 is 8.07 Å². The summed E-state index contributed by atoms with van der Waals surface area (Å²) in [5.74, 6) is 1.32. The van der Waals surface area contributed by atoms with Gasteiger partial charge in [-0.25, -0.2) is 9.97 Å². The van der Waals surface area contributed by atoms with E-state index in [1.807, 2.05) is 12.1 Å². The predicted molar refractivity (Wildman–Crippen MR) is 196 cm³/mol. The molecule has 0 aliphatic carbocycles. The number of aromatic nitrogens is 2. The van der Waals surface area contributed by atoms with E-state index in [0.29, 0.717) is 11.8 Å². The maximum absolute atomic E-state index is 6.86. The van der Waals surface area contributed by atoms with E-state index in [-0.39, 0.29) is 5.04 Å². The van der Waals surface area contributed by atoms with Gasteiger partial charge in [-0.15, -0.1) is 0 Å². The number of aryl methyl sites for hydroxylation is 2. The summed E-state index contributed by atoms with van der Waals surface area (Å²) in [6, 6.07) is 44.8. The summed E-state index contributed by atoms with van der Waals surface area (Å²) in [7, 11) is -3.15. The summed E-state index contributed by atoms with van der Waals surface area (Å²) in [4.78, 5) is 10.6. The van der Waals surface area contributed by atoms with Gasteiger partial charge in [-0.3, -0.25) is 0 Å². The van der Waals surface area contributed by atoms with Crippen LogP contribution >= 0.6 is 0 Å². The SMILES string of the molecule is Cc1ccc2oc(C3=C(c4ccccc4)C(c4ccccc4)=C(c4nc5cc(C)ccc5o4)[Si]3(c3ccccc3)C(C)(C)C)nc2c1. The first-order valence-electron chi connectivity index (χ1n) is 16.2. The Morgan fingerprint density at radius 2 is 0.915 bits per heavy atom. The van der Waals surface area contributed by atoms with Crippen molar-refractivity contribution in [2.75, 3.05) is 0 Å². The molecule has 230 valence electrons. The Hall–Kier alpha value is -5.26. The van der Waals surface area contributed by atoms with Crippen molar-refractivity contribution in [1.82, 2.24) is 9.97 Å². The molecule has 4 nitrogen and oxygen atoms in total. The van der Waals surface area contributed by atoms with Crippen molar-refractivity contribution in [1.29, 1.82) is 0 Å². The molecule has 0 saturated heterocycles. The maximum Gasteiger partial charge on any atom is 0.220 e. The zero-order valence-corrected chi connectivity index (χ0v) is 28.3. The van der Waals surface area contributed by atoms with Crippen molar-refractivity contribution in [3.8, 4) is 0 Å². The monoisotopic (exact) mass is 628 g/mol. The zero-order chi connectivity index (χ0) is 32.3. The Kier molecular flexibility index (Phi) is 6.78. The van der Waals surface area contributed by atoms with Crippen LogP contribution in [0.5, 0.6) is 0 Å². The number of benzene rings is 5. The van der Waals surface area contributed by atoms with Crippen LogP contribution in [0.4, 0.5) is 0 Å². The van der Waals surface area contributed by atoms with Gasteiger partial charge in [0.1, 0.15) is 11.0 Å². The normalized spacial score (nSPS) is 14.9. The van der Waals surface area contributed by atoms with Gasteiger partial charge in [0.05, 0.1) is 0 Å². The molecule has 47 heavy (non-hydrogen) atoms. The third kappa shape index (κ3) is 4.56. The lowest BCUT2D eigenvalue weighted by atomic mass is 9.91. The van der Waals surface area contributed by atoms with E-state index in [1.54, 1.807) is 0 Å². The number of fused-ring (bicyclic) bond motifs is 2. The van der Waals surface area contributed by atoms with Crippen molar-refractivity contribution in [2.45, 2.75) is 39.7 Å². The van der Waals surface area contributed by atoms with Crippen LogP contribution in [-0.4, -0.2) is 18.0 Å². The number of oxazole rings is 2. The fraction of sp³-hybridized carbons (Fsp3) is 0.143. The first-order valence-corrected chi connectivity index (χ1v) is 18.2. The average Bonchev–Trinajstić information content (AvgIpc) is 3.77. The molecule has 0 fully saturated rings. The summed E-state index contributed by atoms with van der Waals surface area (Å²) in [5.41, 5.74) is 10.0. The molecule has 0 saturated carbocycles. The van der Waals surface area contributed by atoms with Crippen molar-refractivity contribution >= 4 is 57.0 Å². The van der Waals surface area contributed by atoms with Crippen LogP contribution in [0, 0.1) is 13.8 Å². The molecule has 0 bridgehead atoms. The molecule has 0 atom stereocenters. The summed E-state index contributed by atoms with van der Waals surface area (Å²) >= 11 is 0. The van der Waals surface area contributed by atoms with Crippen LogP contribution in [0.1, 0.15) is 54.8 Å². The fourth-order valence-corrected chi connectivity index (χ4v) is 13.6. The lowest BCUT2D eigenvalue weighted by Crippen LogP contribution is -2.56. The number of hydrogen-bond donors (Lipinski definition) is 0. The predicted octanol–water partition coefficient (Wildman–Crippen LogP) is 10.4. The minimum absolute atomic E-state index is 0.275. The van der Waals surface area contributed by atoms with Crippen molar-refractivity contribution < 1.29 is 8.83 Å². The molecular weight excluding hydrogens is 593 g/mol. The number of rotatable bonds is 5. The largest absolute Gasteiger partial charge is 0.437 e. The first kappa shape index (κ1) is 29.2. The lowest BCUT2D eigenvalue weighted by Gasteiger charge is -2.43. The highest BCUT2D eigenvalue weighted by Crippen LogP contribution is 2.62. The number of hydrogen-bond acceptors (Lipinski definition) is 4. The van der Waals surface area contributed by atoms with E-state index in [0.717, 1.165) is 66.0 Å². The van der Waals surface area contributed by atoms with E-state index in [4.69, 9.17) is 18.8 Å². The van der Waals surface area contributed by atoms with E-state index >= 15 is 0 Å². The van der Waals surface area contributed by atoms with Gasteiger partial charge in [0.25, 0.3) is 0 Å². The quantitative estimate of drug-likeness (QED) is 0.178. The third-order valence-electron chi connectivity index (χ3n) is 9.47. The Balaban J connectivity index is 1.62. The molecule has 3 heterocycles. The van der Waals surface area contributed by atoms with Crippen molar-refractivity contribution in [3.63, 3.8) is 0 Å². The van der Waals surface area contributed by atoms with Gasteiger partial charge in [-0.2, -0.15) is 0 Å². The second-order valence-corrected chi connectivity index (χ2v) is 18.2.